The average molecular weight is 340 g/mol. The lowest BCUT2D eigenvalue weighted by molar-refractivity contribution is 0.221. The van der Waals surface area contributed by atoms with Crippen LogP contribution >= 0.6 is 15.9 Å². The number of anilines is 1. The van der Waals surface area contributed by atoms with Crippen LogP contribution in [0.15, 0.2) is 4.47 Å². The van der Waals surface area contributed by atoms with Gasteiger partial charge in [0.2, 0.25) is 0 Å². The van der Waals surface area contributed by atoms with Crippen molar-refractivity contribution >= 4 is 21.7 Å². The molecule has 20 heavy (non-hydrogen) atoms. The van der Waals surface area contributed by atoms with E-state index in [1.165, 1.54) is 54.5 Å². The smallest absolute Gasteiger partial charge is 0.139 e. The van der Waals surface area contributed by atoms with E-state index in [1.54, 1.807) is 0 Å². The molecule has 0 spiro atoms. The van der Waals surface area contributed by atoms with Crippen LogP contribution in [-0.4, -0.2) is 16.3 Å². The molecule has 3 rings (SSSR count). The van der Waals surface area contributed by atoms with Crippen LogP contribution in [0.3, 0.4) is 0 Å². The van der Waals surface area contributed by atoms with Gasteiger partial charge >= 0.3 is 0 Å². The van der Waals surface area contributed by atoms with Crippen LogP contribution in [0, 0.1) is 11.8 Å². The van der Waals surface area contributed by atoms with Gasteiger partial charge in [0.05, 0.1) is 16.2 Å². The summed E-state index contributed by atoms with van der Waals surface area (Å²) in [7, 11) is 0. The van der Waals surface area contributed by atoms with E-state index in [-0.39, 0.29) is 0 Å². The minimum absolute atomic E-state index is 0.615. The summed E-state index contributed by atoms with van der Waals surface area (Å²) < 4.78 is 3.51. The number of hydrogen-bond acceptors (Lipinski definition) is 2. The molecule has 2 heterocycles. The van der Waals surface area contributed by atoms with E-state index in [9.17, 15) is 0 Å². The number of halogens is 1. The molecule has 1 aromatic heterocycles. The number of aromatic nitrogens is 2. The highest BCUT2D eigenvalue weighted by Gasteiger charge is 2.31. The van der Waals surface area contributed by atoms with Crippen LogP contribution in [0.25, 0.3) is 0 Å². The van der Waals surface area contributed by atoms with Gasteiger partial charge in [-0.05, 0) is 53.4 Å². The molecule has 1 unspecified atom stereocenters. The van der Waals surface area contributed by atoms with Crippen molar-refractivity contribution < 1.29 is 0 Å². The molecule has 0 aromatic carbocycles. The van der Waals surface area contributed by atoms with Crippen molar-refractivity contribution in [2.75, 3.05) is 11.9 Å². The molecule has 1 aliphatic heterocycles. The minimum Gasteiger partial charge on any atom is -0.369 e. The molecule has 2 aliphatic rings. The maximum atomic E-state index is 4.95. The fourth-order valence-electron chi connectivity index (χ4n) is 3.79. The van der Waals surface area contributed by atoms with Crippen LogP contribution in [0.2, 0.25) is 0 Å². The highest BCUT2D eigenvalue weighted by molar-refractivity contribution is 9.10. The second-order valence-electron chi connectivity index (χ2n) is 6.83. The maximum absolute atomic E-state index is 4.95. The Hall–Kier alpha value is -0.510. The van der Waals surface area contributed by atoms with Gasteiger partial charge in [0, 0.05) is 6.54 Å². The number of nitrogens with one attached hydrogen (secondary N) is 1. The fourth-order valence-corrected chi connectivity index (χ4v) is 4.36. The largest absolute Gasteiger partial charge is 0.369 e. The third-order valence-electron chi connectivity index (χ3n) is 4.76. The summed E-state index contributed by atoms with van der Waals surface area (Å²) in [5.74, 6) is 2.71. The van der Waals surface area contributed by atoms with E-state index in [2.05, 4.69) is 39.8 Å². The van der Waals surface area contributed by atoms with Gasteiger partial charge in [-0.3, -0.25) is 0 Å². The molecule has 1 aliphatic carbocycles. The monoisotopic (exact) mass is 339 g/mol. The Balaban J connectivity index is 1.87. The molecule has 0 amide bonds. The Kier molecular flexibility index (Phi) is 4.39. The highest BCUT2D eigenvalue weighted by Crippen LogP contribution is 2.41. The van der Waals surface area contributed by atoms with Crippen LogP contribution in [-0.2, 0) is 6.42 Å². The second-order valence-corrected chi connectivity index (χ2v) is 7.63. The van der Waals surface area contributed by atoms with Crippen LogP contribution in [0.4, 0.5) is 5.82 Å². The molecule has 112 valence electrons. The van der Waals surface area contributed by atoms with Crippen molar-refractivity contribution in [2.24, 2.45) is 11.8 Å². The Morgan fingerprint density at radius 3 is 2.70 bits per heavy atom. The van der Waals surface area contributed by atoms with Gasteiger partial charge in [0.15, 0.2) is 0 Å². The van der Waals surface area contributed by atoms with Crippen molar-refractivity contribution in [1.82, 2.24) is 9.78 Å². The second kappa shape index (κ2) is 6.08. The van der Waals surface area contributed by atoms with Crippen molar-refractivity contribution in [3.63, 3.8) is 0 Å². The van der Waals surface area contributed by atoms with Crippen LogP contribution in [0.1, 0.15) is 64.1 Å². The van der Waals surface area contributed by atoms with Gasteiger partial charge in [-0.15, -0.1) is 0 Å². The lowest BCUT2D eigenvalue weighted by Crippen LogP contribution is -2.30. The fraction of sp³-hybridized carbons (Fsp3) is 0.812. The highest BCUT2D eigenvalue weighted by atomic mass is 79.9. The summed E-state index contributed by atoms with van der Waals surface area (Å²) in [6.45, 7) is 5.61. The van der Waals surface area contributed by atoms with E-state index in [1.807, 2.05) is 0 Å². The topological polar surface area (TPSA) is 29.9 Å². The summed E-state index contributed by atoms with van der Waals surface area (Å²) in [6, 6.07) is 0.615. The van der Waals surface area contributed by atoms with Gasteiger partial charge < -0.3 is 5.32 Å². The van der Waals surface area contributed by atoms with E-state index in [0.29, 0.717) is 12.0 Å². The zero-order chi connectivity index (χ0) is 14.1. The molecule has 0 saturated heterocycles. The zero-order valence-electron chi connectivity index (χ0n) is 12.7. The molecule has 1 saturated carbocycles. The number of hydrogen-bond donors (Lipinski definition) is 1. The van der Waals surface area contributed by atoms with E-state index in [0.717, 1.165) is 18.9 Å². The molecule has 1 fully saturated rings. The molecule has 0 radical (unpaired) electrons. The third-order valence-corrected chi connectivity index (χ3v) is 5.59. The predicted molar refractivity (Wildman–Crippen MR) is 87.2 cm³/mol. The van der Waals surface area contributed by atoms with Gasteiger partial charge in [-0.1, -0.05) is 33.1 Å². The summed E-state index contributed by atoms with van der Waals surface area (Å²) in [4.78, 5) is 0. The normalized spacial score (nSPS) is 23.7. The van der Waals surface area contributed by atoms with E-state index in [4.69, 9.17) is 5.10 Å². The molecule has 1 atom stereocenters. The van der Waals surface area contributed by atoms with Crippen molar-refractivity contribution in [1.29, 1.82) is 0 Å². The third kappa shape index (κ3) is 2.76. The first-order valence-electron chi connectivity index (χ1n) is 8.17. The predicted octanol–water partition coefficient (Wildman–Crippen LogP) is 4.78. The Labute approximate surface area is 130 Å². The first-order valence-corrected chi connectivity index (χ1v) is 8.97. The van der Waals surface area contributed by atoms with Crippen molar-refractivity contribution in [3.05, 3.63) is 10.2 Å². The zero-order valence-corrected chi connectivity index (χ0v) is 14.2. The molecule has 3 nitrogen and oxygen atoms in total. The first kappa shape index (κ1) is 14.4. The molecular formula is C16H26BrN3. The molecular weight excluding hydrogens is 314 g/mol. The average Bonchev–Trinajstić information content (AvgIpc) is 2.76. The molecule has 0 bridgehead atoms. The van der Waals surface area contributed by atoms with Gasteiger partial charge in [-0.2, -0.15) is 5.10 Å². The SMILES string of the molecule is CC(C)Cc1nn2c(c1Br)NCCC2C1CCCCC1. The molecule has 1 N–H and O–H groups in total. The van der Waals surface area contributed by atoms with Crippen LogP contribution in [0.5, 0.6) is 0 Å². The lowest BCUT2D eigenvalue weighted by atomic mass is 9.82. The summed E-state index contributed by atoms with van der Waals surface area (Å²) in [6.07, 6.45) is 9.31. The first-order chi connectivity index (χ1) is 9.66. The summed E-state index contributed by atoms with van der Waals surface area (Å²) in [5.41, 5.74) is 1.23. The van der Waals surface area contributed by atoms with Gasteiger partial charge in [-0.25, -0.2) is 4.68 Å². The van der Waals surface area contributed by atoms with Crippen molar-refractivity contribution in [3.8, 4) is 0 Å². The Morgan fingerprint density at radius 1 is 1.25 bits per heavy atom. The number of rotatable bonds is 3. The number of nitrogens with zero attached hydrogens (tertiary/aromatic N) is 2. The quantitative estimate of drug-likeness (QED) is 0.858. The van der Waals surface area contributed by atoms with Crippen molar-refractivity contribution in [2.45, 2.75) is 64.8 Å². The number of fused-ring (bicyclic) bond motifs is 1. The van der Waals surface area contributed by atoms with E-state index < -0.39 is 0 Å². The van der Waals surface area contributed by atoms with Gasteiger partial charge in [0.1, 0.15) is 5.82 Å². The Bertz CT molecular complexity index is 461. The standard InChI is InChI=1S/C16H26BrN3/c1-11(2)10-13-15(17)16-18-9-8-14(20(16)19-13)12-6-4-3-5-7-12/h11-12,14,18H,3-10H2,1-2H3. The molecule has 1 aromatic rings. The maximum Gasteiger partial charge on any atom is 0.139 e. The Morgan fingerprint density at radius 2 is 2.00 bits per heavy atom. The van der Waals surface area contributed by atoms with Gasteiger partial charge in [0.25, 0.3) is 0 Å². The summed E-state index contributed by atoms with van der Waals surface area (Å²) >= 11 is 3.77. The summed E-state index contributed by atoms with van der Waals surface area (Å²) in [5, 5.41) is 8.50. The minimum atomic E-state index is 0.615. The molecule has 4 heteroatoms. The van der Waals surface area contributed by atoms with Crippen LogP contribution < -0.4 is 5.32 Å². The van der Waals surface area contributed by atoms with E-state index >= 15 is 0 Å². The lowest BCUT2D eigenvalue weighted by Gasteiger charge is -2.34.